The third-order valence-electron chi connectivity index (χ3n) is 2.27. The Morgan fingerprint density at radius 3 is 2.60 bits per heavy atom. The van der Waals surface area contributed by atoms with Crippen LogP contribution in [0, 0.1) is 5.92 Å². The second-order valence-corrected chi connectivity index (χ2v) is 3.14. The van der Waals surface area contributed by atoms with E-state index in [4.69, 9.17) is 9.47 Å². The molecule has 0 saturated carbocycles. The van der Waals surface area contributed by atoms with Gasteiger partial charge in [-0.05, 0) is 0 Å². The zero-order valence-corrected chi connectivity index (χ0v) is 5.99. The lowest BCUT2D eigenvalue weighted by atomic mass is 10.0. The van der Waals surface area contributed by atoms with Crippen LogP contribution in [0.3, 0.4) is 0 Å². The molecule has 4 atom stereocenters. The van der Waals surface area contributed by atoms with E-state index >= 15 is 0 Å². The van der Waals surface area contributed by atoms with Gasteiger partial charge in [0.2, 0.25) is 0 Å². The first-order valence-electron chi connectivity index (χ1n) is 3.70. The van der Waals surface area contributed by atoms with Crippen LogP contribution in [0.5, 0.6) is 0 Å². The van der Waals surface area contributed by atoms with Crippen molar-refractivity contribution in [3.63, 3.8) is 0 Å². The Hall–Kier alpha value is -0.120. The number of hydrogen-bond donors (Lipinski definition) is 1. The fourth-order valence-electron chi connectivity index (χ4n) is 1.67. The Morgan fingerprint density at radius 2 is 1.90 bits per heavy atom. The van der Waals surface area contributed by atoms with Crippen molar-refractivity contribution in [2.24, 2.45) is 5.92 Å². The Balaban J connectivity index is 2.09. The first kappa shape index (κ1) is 6.58. The fraction of sp³-hybridized carbons (Fsp3) is 1.00. The summed E-state index contributed by atoms with van der Waals surface area (Å²) in [5.74, 6) is 0.446. The standard InChI is InChI=1S/C7H12O3/c1-4-2-9-7-5(8)3-10-6(4)7/h4-8H,2-3H2,1H3/t4-,5+,6-,7-/m1/s1. The molecule has 3 heteroatoms. The molecule has 0 radical (unpaired) electrons. The number of aliphatic hydroxyl groups is 1. The summed E-state index contributed by atoms with van der Waals surface area (Å²) in [6.45, 7) is 3.26. The van der Waals surface area contributed by atoms with Gasteiger partial charge in [0, 0.05) is 5.92 Å². The molecular weight excluding hydrogens is 132 g/mol. The molecule has 10 heavy (non-hydrogen) atoms. The van der Waals surface area contributed by atoms with Crippen LogP contribution in [-0.4, -0.2) is 36.6 Å². The summed E-state index contributed by atoms with van der Waals surface area (Å²) in [5.41, 5.74) is 0. The minimum Gasteiger partial charge on any atom is -0.388 e. The van der Waals surface area contributed by atoms with Gasteiger partial charge in [-0.2, -0.15) is 0 Å². The molecule has 2 fully saturated rings. The van der Waals surface area contributed by atoms with Crippen LogP contribution in [0.2, 0.25) is 0 Å². The monoisotopic (exact) mass is 144 g/mol. The summed E-state index contributed by atoms with van der Waals surface area (Å²) in [5, 5.41) is 9.27. The van der Waals surface area contributed by atoms with Gasteiger partial charge in [0.25, 0.3) is 0 Å². The normalized spacial score (nSPS) is 53.4. The maximum atomic E-state index is 9.27. The number of hydrogen-bond acceptors (Lipinski definition) is 3. The van der Waals surface area contributed by atoms with E-state index in [0.717, 1.165) is 6.61 Å². The molecular formula is C7H12O3. The Labute approximate surface area is 59.9 Å². The predicted octanol–water partition coefficient (Wildman–Crippen LogP) is -0.219. The molecule has 3 nitrogen and oxygen atoms in total. The Bertz CT molecular complexity index is 121. The van der Waals surface area contributed by atoms with Gasteiger partial charge in [-0.15, -0.1) is 0 Å². The van der Waals surface area contributed by atoms with Gasteiger partial charge < -0.3 is 14.6 Å². The quantitative estimate of drug-likeness (QED) is 0.511. The number of rotatable bonds is 0. The third kappa shape index (κ3) is 0.779. The van der Waals surface area contributed by atoms with E-state index in [2.05, 4.69) is 6.92 Å². The molecule has 2 rings (SSSR count). The molecule has 0 spiro atoms. The lowest BCUT2D eigenvalue weighted by Gasteiger charge is -2.10. The van der Waals surface area contributed by atoms with Crippen molar-refractivity contribution >= 4 is 0 Å². The molecule has 0 aromatic rings. The maximum Gasteiger partial charge on any atom is 0.112 e. The van der Waals surface area contributed by atoms with E-state index in [1.165, 1.54) is 0 Å². The summed E-state index contributed by atoms with van der Waals surface area (Å²) < 4.78 is 10.7. The highest BCUT2D eigenvalue weighted by atomic mass is 16.6. The summed E-state index contributed by atoms with van der Waals surface area (Å²) in [6, 6.07) is 0. The van der Waals surface area contributed by atoms with Gasteiger partial charge in [-0.1, -0.05) is 6.92 Å². The second-order valence-electron chi connectivity index (χ2n) is 3.14. The van der Waals surface area contributed by atoms with Crippen LogP contribution in [0.15, 0.2) is 0 Å². The van der Waals surface area contributed by atoms with Crippen molar-refractivity contribution in [2.45, 2.75) is 25.2 Å². The molecule has 2 saturated heterocycles. The van der Waals surface area contributed by atoms with Gasteiger partial charge in [0.1, 0.15) is 12.2 Å². The van der Waals surface area contributed by atoms with Gasteiger partial charge in [-0.25, -0.2) is 0 Å². The molecule has 0 aromatic heterocycles. The molecule has 58 valence electrons. The second kappa shape index (κ2) is 2.19. The van der Waals surface area contributed by atoms with Crippen LogP contribution in [0.1, 0.15) is 6.92 Å². The van der Waals surface area contributed by atoms with Crippen LogP contribution in [-0.2, 0) is 9.47 Å². The van der Waals surface area contributed by atoms with E-state index in [9.17, 15) is 5.11 Å². The smallest absolute Gasteiger partial charge is 0.112 e. The van der Waals surface area contributed by atoms with Crippen LogP contribution >= 0.6 is 0 Å². The third-order valence-corrected chi connectivity index (χ3v) is 2.27. The van der Waals surface area contributed by atoms with Crippen molar-refractivity contribution in [1.29, 1.82) is 0 Å². The van der Waals surface area contributed by atoms with Crippen molar-refractivity contribution in [1.82, 2.24) is 0 Å². The SMILES string of the molecule is C[C@@H]1CO[C@H]2[C@@H]1OC[C@@H]2O. The van der Waals surface area contributed by atoms with E-state index in [1.54, 1.807) is 0 Å². The molecule has 0 aliphatic carbocycles. The molecule has 2 aliphatic heterocycles. The number of aliphatic hydroxyl groups excluding tert-OH is 1. The predicted molar refractivity (Wildman–Crippen MR) is 34.7 cm³/mol. The molecule has 0 amide bonds. The lowest BCUT2D eigenvalue weighted by molar-refractivity contribution is 0.0173. The summed E-state index contributed by atoms with van der Waals surface area (Å²) in [6.07, 6.45) is -0.292. The van der Waals surface area contributed by atoms with Gasteiger partial charge in [-0.3, -0.25) is 0 Å². The zero-order valence-electron chi connectivity index (χ0n) is 5.99. The first-order valence-corrected chi connectivity index (χ1v) is 3.70. The molecule has 2 heterocycles. The van der Waals surface area contributed by atoms with E-state index in [-0.39, 0.29) is 12.2 Å². The van der Waals surface area contributed by atoms with Gasteiger partial charge in [0.15, 0.2) is 0 Å². The molecule has 1 N–H and O–H groups in total. The van der Waals surface area contributed by atoms with E-state index < -0.39 is 6.10 Å². The van der Waals surface area contributed by atoms with Crippen molar-refractivity contribution in [2.75, 3.05) is 13.2 Å². The molecule has 0 aromatic carbocycles. The van der Waals surface area contributed by atoms with Gasteiger partial charge >= 0.3 is 0 Å². The first-order chi connectivity index (χ1) is 4.79. The topological polar surface area (TPSA) is 38.7 Å². The molecule has 0 unspecified atom stereocenters. The fourth-order valence-corrected chi connectivity index (χ4v) is 1.67. The average molecular weight is 144 g/mol. The Kier molecular flexibility index (Phi) is 1.44. The van der Waals surface area contributed by atoms with Crippen LogP contribution in [0.25, 0.3) is 0 Å². The van der Waals surface area contributed by atoms with Crippen molar-refractivity contribution < 1.29 is 14.6 Å². The largest absolute Gasteiger partial charge is 0.388 e. The van der Waals surface area contributed by atoms with Crippen LogP contribution < -0.4 is 0 Å². The average Bonchev–Trinajstić information content (AvgIpc) is 2.41. The van der Waals surface area contributed by atoms with Crippen LogP contribution in [0.4, 0.5) is 0 Å². The minimum atomic E-state index is -0.394. The van der Waals surface area contributed by atoms with Crippen molar-refractivity contribution in [3.8, 4) is 0 Å². The zero-order chi connectivity index (χ0) is 7.14. The van der Waals surface area contributed by atoms with E-state index in [0.29, 0.717) is 12.5 Å². The highest BCUT2D eigenvalue weighted by molar-refractivity contribution is 4.92. The summed E-state index contributed by atoms with van der Waals surface area (Å²) in [7, 11) is 0. The van der Waals surface area contributed by atoms with Crippen molar-refractivity contribution in [3.05, 3.63) is 0 Å². The number of fused-ring (bicyclic) bond motifs is 1. The number of ether oxygens (including phenoxy) is 2. The highest BCUT2D eigenvalue weighted by Gasteiger charge is 2.44. The summed E-state index contributed by atoms with van der Waals surface area (Å²) in [4.78, 5) is 0. The molecule has 2 aliphatic rings. The molecule has 0 bridgehead atoms. The van der Waals surface area contributed by atoms with Gasteiger partial charge in [0.05, 0.1) is 19.3 Å². The van der Waals surface area contributed by atoms with E-state index in [1.807, 2.05) is 0 Å². The summed E-state index contributed by atoms with van der Waals surface area (Å²) >= 11 is 0. The highest BCUT2D eigenvalue weighted by Crippen LogP contribution is 2.30. The Morgan fingerprint density at radius 1 is 1.20 bits per heavy atom. The lowest BCUT2D eigenvalue weighted by Crippen LogP contribution is -2.28. The maximum absolute atomic E-state index is 9.27. The minimum absolute atomic E-state index is 0.0463.